The Bertz CT molecular complexity index is 1320. The number of aromatic nitrogens is 5. The lowest BCUT2D eigenvalue weighted by molar-refractivity contribution is -0.115. The van der Waals surface area contributed by atoms with Gasteiger partial charge in [-0.05, 0) is 51.9 Å². The average Bonchev–Trinajstić information content (AvgIpc) is 3.35. The van der Waals surface area contributed by atoms with E-state index in [2.05, 4.69) is 25.8 Å². The summed E-state index contributed by atoms with van der Waals surface area (Å²) < 4.78 is 29.0. The standard InChI is InChI=1S/C20H13F2N7O/c21-14-2-1-3-16(18(14)22)29-20(26-27-28-29)13-7-12(9-24-19(13)23)10-4-5-15-11(6-10)8-17(30)25-15/h1-7,9H,8H2,(H2,23,24)(H,25,30). The van der Waals surface area contributed by atoms with Crippen LogP contribution in [0.1, 0.15) is 5.56 Å². The molecule has 30 heavy (non-hydrogen) atoms. The monoisotopic (exact) mass is 405 g/mol. The summed E-state index contributed by atoms with van der Waals surface area (Å²) in [6.45, 7) is 0. The van der Waals surface area contributed by atoms with Crippen molar-refractivity contribution in [2.24, 2.45) is 0 Å². The Kier molecular flexibility index (Phi) is 3.98. The van der Waals surface area contributed by atoms with E-state index in [0.29, 0.717) is 17.5 Å². The Morgan fingerprint density at radius 1 is 1.10 bits per heavy atom. The normalized spacial score (nSPS) is 12.7. The van der Waals surface area contributed by atoms with Crippen LogP contribution in [0.4, 0.5) is 20.3 Å². The lowest BCUT2D eigenvalue weighted by atomic mass is 10.0. The highest BCUT2D eigenvalue weighted by Crippen LogP contribution is 2.33. The van der Waals surface area contributed by atoms with E-state index in [1.165, 1.54) is 12.1 Å². The Morgan fingerprint density at radius 3 is 2.83 bits per heavy atom. The van der Waals surface area contributed by atoms with Gasteiger partial charge in [-0.15, -0.1) is 5.10 Å². The number of carbonyl (C=O) groups is 1. The van der Waals surface area contributed by atoms with Crippen molar-refractivity contribution in [2.75, 3.05) is 11.1 Å². The highest BCUT2D eigenvalue weighted by atomic mass is 19.2. The van der Waals surface area contributed by atoms with E-state index >= 15 is 0 Å². The third-order valence-corrected chi connectivity index (χ3v) is 4.85. The van der Waals surface area contributed by atoms with Gasteiger partial charge in [0.15, 0.2) is 17.5 Å². The number of nitrogens with zero attached hydrogens (tertiary/aromatic N) is 5. The minimum absolute atomic E-state index is 0.0606. The van der Waals surface area contributed by atoms with Gasteiger partial charge < -0.3 is 11.1 Å². The van der Waals surface area contributed by atoms with E-state index in [4.69, 9.17) is 5.73 Å². The van der Waals surface area contributed by atoms with Gasteiger partial charge in [0.2, 0.25) is 5.91 Å². The molecule has 3 N–H and O–H groups in total. The summed E-state index contributed by atoms with van der Waals surface area (Å²) in [7, 11) is 0. The zero-order valence-electron chi connectivity index (χ0n) is 15.3. The van der Waals surface area contributed by atoms with Gasteiger partial charge >= 0.3 is 0 Å². The van der Waals surface area contributed by atoms with E-state index in [1.54, 1.807) is 12.3 Å². The molecule has 8 nitrogen and oxygen atoms in total. The van der Waals surface area contributed by atoms with Crippen molar-refractivity contribution in [3.05, 3.63) is 65.9 Å². The Hall–Kier alpha value is -4.21. The number of nitrogens with one attached hydrogen (secondary N) is 1. The summed E-state index contributed by atoms with van der Waals surface area (Å²) in [5, 5.41) is 14.1. The fourth-order valence-electron chi connectivity index (χ4n) is 3.39. The molecule has 0 saturated carbocycles. The summed E-state index contributed by atoms with van der Waals surface area (Å²) in [5.74, 6) is -1.91. The second-order valence-corrected chi connectivity index (χ2v) is 6.74. The molecule has 2 aromatic heterocycles. The molecule has 0 saturated heterocycles. The van der Waals surface area contributed by atoms with E-state index in [-0.39, 0.29) is 23.2 Å². The minimum atomic E-state index is -1.08. The summed E-state index contributed by atoms with van der Waals surface area (Å²) >= 11 is 0. The number of rotatable bonds is 3. The maximum atomic E-state index is 14.3. The van der Waals surface area contributed by atoms with Gasteiger partial charge in [-0.1, -0.05) is 12.1 Å². The third kappa shape index (κ3) is 2.85. The number of anilines is 2. The number of fused-ring (bicyclic) bond motifs is 1. The molecule has 0 spiro atoms. The minimum Gasteiger partial charge on any atom is -0.383 e. The first-order valence-electron chi connectivity index (χ1n) is 8.93. The topological polar surface area (TPSA) is 112 Å². The van der Waals surface area contributed by atoms with Crippen LogP contribution in [0.15, 0.2) is 48.7 Å². The molecule has 0 radical (unpaired) electrons. The molecular formula is C20H13F2N7O. The molecule has 148 valence electrons. The SMILES string of the molecule is Nc1ncc(-c2ccc3c(c2)CC(=O)N3)cc1-c1nnnn1-c1cccc(F)c1F. The van der Waals surface area contributed by atoms with Crippen LogP contribution in [0.5, 0.6) is 0 Å². The van der Waals surface area contributed by atoms with Crippen LogP contribution in [-0.4, -0.2) is 31.1 Å². The number of amides is 1. The van der Waals surface area contributed by atoms with Crippen molar-refractivity contribution in [2.45, 2.75) is 6.42 Å². The first-order valence-corrected chi connectivity index (χ1v) is 8.93. The zero-order chi connectivity index (χ0) is 20.8. The smallest absolute Gasteiger partial charge is 0.228 e. The first kappa shape index (κ1) is 17.9. The number of hydrogen-bond donors (Lipinski definition) is 2. The molecule has 2 aromatic carbocycles. The highest BCUT2D eigenvalue weighted by Gasteiger charge is 2.21. The predicted octanol–water partition coefficient (Wildman–Crippen LogP) is 2.75. The molecule has 0 bridgehead atoms. The van der Waals surface area contributed by atoms with Crippen molar-refractivity contribution >= 4 is 17.4 Å². The van der Waals surface area contributed by atoms with Crippen molar-refractivity contribution in [3.63, 3.8) is 0 Å². The van der Waals surface area contributed by atoms with E-state index < -0.39 is 11.6 Å². The molecule has 10 heteroatoms. The van der Waals surface area contributed by atoms with Gasteiger partial charge in [0.1, 0.15) is 11.5 Å². The highest BCUT2D eigenvalue weighted by molar-refractivity contribution is 5.99. The number of pyridine rings is 1. The van der Waals surface area contributed by atoms with Crippen molar-refractivity contribution in [3.8, 4) is 28.2 Å². The van der Waals surface area contributed by atoms with Gasteiger partial charge in [0, 0.05) is 17.4 Å². The van der Waals surface area contributed by atoms with E-state index in [0.717, 1.165) is 27.6 Å². The third-order valence-electron chi connectivity index (χ3n) is 4.85. The fraction of sp³-hybridized carbons (Fsp3) is 0.0500. The van der Waals surface area contributed by atoms with Gasteiger partial charge in [-0.25, -0.2) is 13.8 Å². The lowest BCUT2D eigenvalue weighted by Crippen LogP contribution is -2.06. The summed E-state index contributed by atoms with van der Waals surface area (Å²) in [6.07, 6.45) is 1.89. The van der Waals surface area contributed by atoms with Crippen LogP contribution in [0, 0.1) is 11.6 Å². The molecule has 0 aliphatic carbocycles. The molecule has 1 amide bonds. The van der Waals surface area contributed by atoms with Gasteiger partial charge in [-0.3, -0.25) is 4.79 Å². The molecule has 4 aromatic rings. The Labute approximate surface area is 168 Å². The van der Waals surface area contributed by atoms with Crippen LogP contribution in [0.25, 0.3) is 28.2 Å². The number of nitrogen functional groups attached to an aromatic ring is 1. The molecule has 0 unspecified atom stereocenters. The molecule has 1 aliphatic rings. The van der Waals surface area contributed by atoms with Crippen LogP contribution < -0.4 is 11.1 Å². The van der Waals surface area contributed by atoms with Crippen molar-refractivity contribution in [1.82, 2.24) is 25.2 Å². The number of carbonyl (C=O) groups excluding carboxylic acids is 1. The Morgan fingerprint density at radius 2 is 1.97 bits per heavy atom. The maximum absolute atomic E-state index is 14.3. The molecule has 0 atom stereocenters. The van der Waals surface area contributed by atoms with Crippen molar-refractivity contribution < 1.29 is 13.6 Å². The van der Waals surface area contributed by atoms with E-state index in [9.17, 15) is 13.6 Å². The van der Waals surface area contributed by atoms with Gasteiger partial charge in [0.05, 0.1) is 12.0 Å². The second-order valence-electron chi connectivity index (χ2n) is 6.74. The number of hydrogen-bond acceptors (Lipinski definition) is 6. The van der Waals surface area contributed by atoms with E-state index in [1.807, 2.05) is 18.2 Å². The second kappa shape index (κ2) is 6.69. The molecule has 3 heterocycles. The van der Waals surface area contributed by atoms with Crippen LogP contribution >= 0.6 is 0 Å². The summed E-state index contributed by atoms with van der Waals surface area (Å²) in [6, 6.07) is 11.0. The first-order chi connectivity index (χ1) is 14.5. The van der Waals surface area contributed by atoms with Gasteiger partial charge in [-0.2, -0.15) is 4.68 Å². The van der Waals surface area contributed by atoms with Crippen LogP contribution in [-0.2, 0) is 11.2 Å². The average molecular weight is 405 g/mol. The van der Waals surface area contributed by atoms with Gasteiger partial charge in [0.25, 0.3) is 0 Å². The predicted molar refractivity (Wildman–Crippen MR) is 104 cm³/mol. The van der Waals surface area contributed by atoms with Crippen molar-refractivity contribution in [1.29, 1.82) is 0 Å². The number of tetrazole rings is 1. The zero-order valence-corrected chi connectivity index (χ0v) is 15.3. The van der Waals surface area contributed by atoms with Crippen LogP contribution in [0.3, 0.4) is 0 Å². The fourth-order valence-corrected chi connectivity index (χ4v) is 3.39. The maximum Gasteiger partial charge on any atom is 0.228 e. The lowest BCUT2D eigenvalue weighted by Gasteiger charge is -2.10. The Balaban J connectivity index is 1.61. The number of nitrogens with two attached hydrogens (primary N) is 1. The quantitative estimate of drug-likeness (QED) is 0.542. The number of benzene rings is 2. The largest absolute Gasteiger partial charge is 0.383 e. The number of halogens is 2. The van der Waals surface area contributed by atoms with Crippen LogP contribution in [0.2, 0.25) is 0 Å². The summed E-state index contributed by atoms with van der Waals surface area (Å²) in [5.41, 5.74) is 9.42. The molecular weight excluding hydrogens is 392 g/mol. The molecule has 0 fully saturated rings. The molecule has 5 rings (SSSR count). The molecule has 1 aliphatic heterocycles. The summed E-state index contributed by atoms with van der Waals surface area (Å²) in [4.78, 5) is 15.8.